The van der Waals surface area contributed by atoms with E-state index in [4.69, 9.17) is 10.5 Å². The van der Waals surface area contributed by atoms with Gasteiger partial charge in [0.2, 0.25) is 0 Å². The maximum Gasteiger partial charge on any atom is 0.144 e. The lowest BCUT2D eigenvalue weighted by Crippen LogP contribution is -2.21. The molecule has 19 heavy (non-hydrogen) atoms. The number of nitrogens with zero attached hydrogens (tertiary/aromatic N) is 1. The van der Waals surface area contributed by atoms with Crippen LogP contribution in [0.3, 0.4) is 0 Å². The van der Waals surface area contributed by atoms with Gasteiger partial charge in [0.25, 0.3) is 0 Å². The van der Waals surface area contributed by atoms with Crippen molar-refractivity contribution in [2.75, 3.05) is 23.7 Å². The highest BCUT2D eigenvalue weighted by Crippen LogP contribution is 2.33. The molecular formula is C16H26N2O. The lowest BCUT2D eigenvalue weighted by Gasteiger charge is -2.22. The average molecular weight is 262 g/mol. The minimum Gasteiger partial charge on any atom is -0.489 e. The topological polar surface area (TPSA) is 38.5 Å². The molecule has 1 unspecified atom stereocenters. The number of nitrogens with two attached hydrogens (primary N) is 1. The maximum absolute atomic E-state index is 5.97. The highest BCUT2D eigenvalue weighted by atomic mass is 16.5. The quantitative estimate of drug-likeness (QED) is 0.843. The third kappa shape index (κ3) is 3.34. The Balaban J connectivity index is 2.13. The number of nitrogen functional groups attached to an aromatic ring is 1. The largest absolute Gasteiger partial charge is 0.489 e. The van der Waals surface area contributed by atoms with Crippen LogP contribution in [0, 0.1) is 11.8 Å². The minimum atomic E-state index is 0.152. The summed E-state index contributed by atoms with van der Waals surface area (Å²) >= 11 is 0. The Bertz CT molecular complexity index is 429. The molecule has 1 fully saturated rings. The first kappa shape index (κ1) is 14.0. The molecule has 1 aromatic carbocycles. The molecule has 0 bridgehead atoms. The Morgan fingerprint density at radius 2 is 2.00 bits per heavy atom. The van der Waals surface area contributed by atoms with Crippen LogP contribution < -0.4 is 15.4 Å². The summed E-state index contributed by atoms with van der Waals surface area (Å²) in [6.07, 6.45) is 1.43. The van der Waals surface area contributed by atoms with Crippen molar-refractivity contribution in [1.29, 1.82) is 0 Å². The van der Waals surface area contributed by atoms with Gasteiger partial charge in [-0.25, -0.2) is 0 Å². The van der Waals surface area contributed by atoms with E-state index >= 15 is 0 Å². The lowest BCUT2D eigenvalue weighted by molar-refractivity contribution is 0.244. The van der Waals surface area contributed by atoms with E-state index in [-0.39, 0.29) is 6.10 Å². The minimum absolute atomic E-state index is 0.152. The zero-order valence-corrected chi connectivity index (χ0v) is 12.5. The molecule has 1 heterocycles. The summed E-state index contributed by atoms with van der Waals surface area (Å²) in [6.45, 7) is 10.9. The standard InChI is InChI=1S/C16H26N2O/c1-11(2)13-7-8-18(10-13)14-5-6-15(17)16(9-14)19-12(3)4/h5-6,9,11-13H,7-8,10,17H2,1-4H3. The molecule has 106 valence electrons. The van der Waals surface area contributed by atoms with Crippen molar-refractivity contribution in [2.24, 2.45) is 11.8 Å². The van der Waals surface area contributed by atoms with Crippen LogP contribution in [-0.2, 0) is 0 Å². The first-order valence-corrected chi connectivity index (χ1v) is 7.28. The van der Waals surface area contributed by atoms with Gasteiger partial charge in [0.15, 0.2) is 0 Å². The van der Waals surface area contributed by atoms with E-state index in [0.717, 1.165) is 36.4 Å². The number of benzene rings is 1. The smallest absolute Gasteiger partial charge is 0.144 e. The Morgan fingerprint density at radius 3 is 2.58 bits per heavy atom. The summed E-state index contributed by atoms with van der Waals surface area (Å²) < 4.78 is 5.77. The van der Waals surface area contributed by atoms with Gasteiger partial charge in [0, 0.05) is 24.8 Å². The summed E-state index contributed by atoms with van der Waals surface area (Å²) in [5, 5.41) is 0. The second kappa shape index (κ2) is 5.72. The van der Waals surface area contributed by atoms with E-state index in [1.54, 1.807) is 0 Å². The Kier molecular flexibility index (Phi) is 4.23. The number of ether oxygens (including phenoxy) is 1. The van der Waals surface area contributed by atoms with Crippen molar-refractivity contribution >= 4 is 11.4 Å². The highest BCUT2D eigenvalue weighted by molar-refractivity contribution is 5.62. The van der Waals surface area contributed by atoms with E-state index < -0.39 is 0 Å². The summed E-state index contributed by atoms with van der Waals surface area (Å²) in [7, 11) is 0. The van der Waals surface area contributed by atoms with Crippen LogP contribution in [0.4, 0.5) is 11.4 Å². The summed E-state index contributed by atoms with van der Waals surface area (Å²) in [5.74, 6) is 2.36. The van der Waals surface area contributed by atoms with Crippen molar-refractivity contribution in [2.45, 2.75) is 40.2 Å². The van der Waals surface area contributed by atoms with Crippen molar-refractivity contribution in [3.05, 3.63) is 18.2 Å². The number of hydrogen-bond acceptors (Lipinski definition) is 3. The van der Waals surface area contributed by atoms with Gasteiger partial charge in [-0.05, 0) is 44.2 Å². The molecule has 3 nitrogen and oxygen atoms in total. The van der Waals surface area contributed by atoms with Crippen LogP contribution >= 0.6 is 0 Å². The molecule has 2 rings (SSSR count). The van der Waals surface area contributed by atoms with Crippen LogP contribution in [0.2, 0.25) is 0 Å². The van der Waals surface area contributed by atoms with Gasteiger partial charge >= 0.3 is 0 Å². The lowest BCUT2D eigenvalue weighted by atomic mass is 9.95. The fourth-order valence-corrected chi connectivity index (χ4v) is 2.64. The first-order chi connectivity index (χ1) is 8.97. The molecule has 1 aromatic rings. The molecule has 1 aliphatic rings. The van der Waals surface area contributed by atoms with Crippen molar-refractivity contribution in [3.8, 4) is 5.75 Å². The van der Waals surface area contributed by atoms with E-state index in [1.165, 1.54) is 12.1 Å². The number of hydrogen-bond donors (Lipinski definition) is 1. The normalized spacial score (nSPS) is 19.5. The molecule has 0 radical (unpaired) electrons. The average Bonchev–Trinajstić information content (AvgIpc) is 2.81. The molecule has 0 amide bonds. The highest BCUT2D eigenvalue weighted by Gasteiger charge is 2.25. The van der Waals surface area contributed by atoms with Crippen LogP contribution in [-0.4, -0.2) is 19.2 Å². The van der Waals surface area contributed by atoms with Crippen molar-refractivity contribution in [1.82, 2.24) is 0 Å². The van der Waals surface area contributed by atoms with E-state index in [1.807, 2.05) is 19.9 Å². The van der Waals surface area contributed by atoms with Crippen molar-refractivity contribution < 1.29 is 4.74 Å². The Hall–Kier alpha value is -1.38. The third-order valence-corrected chi connectivity index (χ3v) is 3.89. The SMILES string of the molecule is CC(C)Oc1cc(N2CCC(C(C)C)C2)ccc1N. The van der Waals surface area contributed by atoms with Gasteiger partial charge in [-0.15, -0.1) is 0 Å². The molecular weight excluding hydrogens is 236 g/mol. The van der Waals surface area contributed by atoms with Gasteiger partial charge in [-0.3, -0.25) is 0 Å². The van der Waals surface area contributed by atoms with Gasteiger partial charge in [-0.2, -0.15) is 0 Å². The zero-order valence-electron chi connectivity index (χ0n) is 12.5. The molecule has 2 N–H and O–H groups in total. The number of rotatable bonds is 4. The molecule has 1 saturated heterocycles. The second-order valence-corrected chi connectivity index (χ2v) is 6.13. The Labute approximate surface area is 116 Å². The van der Waals surface area contributed by atoms with E-state index in [9.17, 15) is 0 Å². The predicted octanol–water partition coefficient (Wildman–Crippen LogP) is 3.54. The van der Waals surface area contributed by atoms with Crippen LogP contribution in [0.5, 0.6) is 5.75 Å². The third-order valence-electron chi connectivity index (χ3n) is 3.89. The van der Waals surface area contributed by atoms with Gasteiger partial charge < -0.3 is 15.4 Å². The van der Waals surface area contributed by atoms with Crippen LogP contribution in [0.1, 0.15) is 34.1 Å². The molecule has 0 aliphatic carbocycles. The molecule has 1 atom stereocenters. The van der Waals surface area contributed by atoms with E-state index in [0.29, 0.717) is 0 Å². The second-order valence-electron chi connectivity index (χ2n) is 6.13. The van der Waals surface area contributed by atoms with Gasteiger partial charge in [0.05, 0.1) is 11.8 Å². The van der Waals surface area contributed by atoms with Gasteiger partial charge in [-0.1, -0.05) is 13.8 Å². The summed E-state index contributed by atoms with van der Waals surface area (Å²) in [4.78, 5) is 2.44. The Morgan fingerprint density at radius 1 is 1.26 bits per heavy atom. The van der Waals surface area contributed by atoms with E-state index in [2.05, 4.69) is 30.9 Å². The molecule has 0 spiro atoms. The van der Waals surface area contributed by atoms with Crippen LogP contribution in [0.15, 0.2) is 18.2 Å². The molecule has 0 aromatic heterocycles. The zero-order chi connectivity index (χ0) is 14.0. The van der Waals surface area contributed by atoms with Crippen molar-refractivity contribution in [3.63, 3.8) is 0 Å². The fraction of sp³-hybridized carbons (Fsp3) is 0.625. The molecule has 0 saturated carbocycles. The van der Waals surface area contributed by atoms with Gasteiger partial charge in [0.1, 0.15) is 5.75 Å². The summed E-state index contributed by atoms with van der Waals surface area (Å²) in [5.41, 5.74) is 7.92. The monoisotopic (exact) mass is 262 g/mol. The fourth-order valence-electron chi connectivity index (χ4n) is 2.64. The first-order valence-electron chi connectivity index (χ1n) is 7.28. The van der Waals surface area contributed by atoms with Crippen LogP contribution in [0.25, 0.3) is 0 Å². The maximum atomic E-state index is 5.97. The predicted molar refractivity (Wildman–Crippen MR) is 81.8 cm³/mol. The molecule has 3 heteroatoms. The summed E-state index contributed by atoms with van der Waals surface area (Å²) in [6, 6.07) is 6.14. The molecule has 1 aliphatic heterocycles. The number of anilines is 2.